The number of piperidine rings is 1. The van der Waals surface area contributed by atoms with E-state index in [2.05, 4.69) is 6.07 Å². The molecule has 3 aromatic rings. The van der Waals surface area contributed by atoms with Crippen LogP contribution in [-0.4, -0.2) is 36.6 Å². The molecule has 1 aliphatic heterocycles. The van der Waals surface area contributed by atoms with Crippen LogP contribution in [0.5, 0.6) is 11.5 Å². The normalized spacial score (nSPS) is 17.1. The zero-order valence-electron chi connectivity index (χ0n) is 15.5. The van der Waals surface area contributed by atoms with Crippen LogP contribution in [0.4, 0.5) is 0 Å². The molecule has 1 aliphatic rings. The first kappa shape index (κ1) is 17.8. The minimum atomic E-state index is -0.0153. The van der Waals surface area contributed by atoms with Crippen LogP contribution in [0.2, 0.25) is 0 Å². The highest BCUT2D eigenvalue weighted by Crippen LogP contribution is 2.37. The predicted molar refractivity (Wildman–Crippen MR) is 107 cm³/mol. The minimum absolute atomic E-state index is 0.00968. The summed E-state index contributed by atoms with van der Waals surface area (Å²) in [6.07, 6.45) is 3.04. The highest BCUT2D eigenvalue weighted by Gasteiger charge is 2.32. The summed E-state index contributed by atoms with van der Waals surface area (Å²) in [5, 5.41) is 1.01. The van der Waals surface area contributed by atoms with Gasteiger partial charge < -0.3 is 14.4 Å². The molecule has 2 heterocycles. The van der Waals surface area contributed by atoms with Gasteiger partial charge in [0.05, 0.1) is 36.0 Å². The van der Waals surface area contributed by atoms with Gasteiger partial charge in [0.15, 0.2) is 0 Å². The van der Waals surface area contributed by atoms with Crippen molar-refractivity contribution < 1.29 is 14.3 Å². The van der Waals surface area contributed by atoms with Gasteiger partial charge in [-0.05, 0) is 43.5 Å². The number of benzene rings is 2. The number of aromatic nitrogens is 1. The summed E-state index contributed by atoms with van der Waals surface area (Å²) in [4.78, 5) is 20.1. The van der Waals surface area contributed by atoms with Crippen LogP contribution in [0.15, 0.2) is 42.5 Å². The lowest BCUT2D eigenvalue weighted by Gasteiger charge is -2.34. The Morgan fingerprint density at radius 3 is 2.78 bits per heavy atom. The smallest absolute Gasteiger partial charge is 0.258 e. The van der Waals surface area contributed by atoms with Crippen molar-refractivity contribution in [3.63, 3.8) is 0 Å². The van der Waals surface area contributed by atoms with E-state index < -0.39 is 0 Å². The number of hydrogen-bond acceptors (Lipinski definition) is 5. The van der Waals surface area contributed by atoms with Gasteiger partial charge in [-0.25, -0.2) is 4.98 Å². The monoisotopic (exact) mass is 382 g/mol. The highest BCUT2D eigenvalue weighted by atomic mass is 32.1. The van der Waals surface area contributed by atoms with Crippen molar-refractivity contribution in [3.8, 4) is 11.5 Å². The molecule has 27 heavy (non-hydrogen) atoms. The molecule has 0 N–H and O–H groups in total. The van der Waals surface area contributed by atoms with Gasteiger partial charge in [0.1, 0.15) is 16.5 Å². The first-order valence-electron chi connectivity index (χ1n) is 9.09. The van der Waals surface area contributed by atoms with Gasteiger partial charge in [0.2, 0.25) is 0 Å². The largest absolute Gasteiger partial charge is 0.497 e. The molecule has 1 aromatic heterocycles. The lowest BCUT2D eigenvalue weighted by molar-refractivity contribution is 0.0608. The van der Waals surface area contributed by atoms with E-state index in [0.717, 1.165) is 41.0 Å². The van der Waals surface area contributed by atoms with Gasteiger partial charge in [-0.2, -0.15) is 0 Å². The third-order valence-corrected chi connectivity index (χ3v) is 6.14. The molecule has 0 saturated carbocycles. The van der Waals surface area contributed by atoms with Crippen LogP contribution in [0.1, 0.15) is 40.7 Å². The van der Waals surface area contributed by atoms with Crippen LogP contribution in [0, 0.1) is 0 Å². The van der Waals surface area contributed by atoms with Crippen LogP contribution in [0.25, 0.3) is 10.2 Å². The fraction of sp³-hybridized carbons (Fsp3) is 0.333. The van der Waals surface area contributed by atoms with E-state index in [0.29, 0.717) is 17.1 Å². The topological polar surface area (TPSA) is 51.7 Å². The standard InChI is InChI=1S/C21H22N2O3S/c1-25-14-10-11-15(18(13-14)26-2)21(24)23-12-6-5-8-17(23)20-22-16-7-3-4-9-19(16)27-20/h3-4,7,9-11,13,17H,5-6,8,12H2,1-2H3. The van der Waals surface area contributed by atoms with Crippen molar-refractivity contribution in [2.24, 2.45) is 0 Å². The number of rotatable bonds is 4. The summed E-state index contributed by atoms with van der Waals surface area (Å²) in [7, 11) is 3.18. The number of methoxy groups -OCH3 is 2. The summed E-state index contributed by atoms with van der Waals surface area (Å²) in [5.74, 6) is 1.19. The second kappa shape index (κ2) is 7.56. The summed E-state index contributed by atoms with van der Waals surface area (Å²) in [6, 6.07) is 13.5. The zero-order valence-corrected chi connectivity index (χ0v) is 16.3. The third-order valence-electron chi connectivity index (χ3n) is 5.00. The minimum Gasteiger partial charge on any atom is -0.497 e. The number of carbonyl (C=O) groups excluding carboxylic acids is 1. The molecule has 0 aliphatic carbocycles. The molecule has 0 spiro atoms. The van der Waals surface area contributed by atoms with Crippen LogP contribution in [-0.2, 0) is 0 Å². The molecule has 0 radical (unpaired) electrons. The molecular weight excluding hydrogens is 360 g/mol. The summed E-state index contributed by atoms with van der Waals surface area (Å²) in [5.41, 5.74) is 1.56. The van der Waals surface area contributed by atoms with Crippen molar-refractivity contribution in [2.75, 3.05) is 20.8 Å². The van der Waals surface area contributed by atoms with Gasteiger partial charge in [0, 0.05) is 12.6 Å². The highest BCUT2D eigenvalue weighted by molar-refractivity contribution is 7.18. The Morgan fingerprint density at radius 2 is 2.00 bits per heavy atom. The zero-order chi connectivity index (χ0) is 18.8. The van der Waals surface area contributed by atoms with Gasteiger partial charge in [0.25, 0.3) is 5.91 Å². The van der Waals surface area contributed by atoms with Crippen molar-refractivity contribution in [2.45, 2.75) is 25.3 Å². The molecule has 1 atom stereocenters. The number of thiazole rings is 1. The van der Waals surface area contributed by atoms with E-state index in [9.17, 15) is 4.79 Å². The molecule has 6 heteroatoms. The molecule has 1 fully saturated rings. The first-order chi connectivity index (χ1) is 13.2. The molecule has 2 aromatic carbocycles. The Kier molecular flexibility index (Phi) is 4.99. The Balaban J connectivity index is 1.69. The number of amides is 1. The molecule has 0 bridgehead atoms. The number of nitrogens with zero attached hydrogens (tertiary/aromatic N) is 2. The average molecular weight is 382 g/mol. The van der Waals surface area contributed by atoms with E-state index in [1.54, 1.807) is 43.8 Å². The molecular formula is C21H22N2O3S. The molecule has 1 amide bonds. The molecule has 1 unspecified atom stereocenters. The Bertz CT molecular complexity index is 936. The maximum absolute atomic E-state index is 13.4. The quantitative estimate of drug-likeness (QED) is 0.657. The second-order valence-corrected chi connectivity index (χ2v) is 7.66. The van der Waals surface area contributed by atoms with E-state index in [1.165, 1.54) is 0 Å². The first-order valence-corrected chi connectivity index (χ1v) is 9.91. The maximum atomic E-state index is 13.4. The van der Waals surface area contributed by atoms with Gasteiger partial charge in [-0.15, -0.1) is 11.3 Å². The second-order valence-electron chi connectivity index (χ2n) is 6.60. The SMILES string of the molecule is COc1ccc(C(=O)N2CCCCC2c2nc3ccccc3s2)c(OC)c1. The average Bonchev–Trinajstić information content (AvgIpc) is 3.17. The number of fused-ring (bicyclic) bond motifs is 1. The molecule has 1 saturated heterocycles. The fourth-order valence-electron chi connectivity index (χ4n) is 3.59. The van der Waals surface area contributed by atoms with Crippen LogP contribution >= 0.6 is 11.3 Å². The van der Waals surface area contributed by atoms with Crippen molar-refractivity contribution >= 4 is 27.5 Å². The van der Waals surface area contributed by atoms with Gasteiger partial charge in [-0.1, -0.05) is 12.1 Å². The van der Waals surface area contributed by atoms with Crippen molar-refractivity contribution in [1.82, 2.24) is 9.88 Å². The number of ether oxygens (including phenoxy) is 2. The van der Waals surface area contributed by atoms with Crippen LogP contribution < -0.4 is 9.47 Å². The Labute approximate surface area is 162 Å². The summed E-state index contributed by atoms with van der Waals surface area (Å²) in [6.45, 7) is 0.731. The lowest BCUT2D eigenvalue weighted by Crippen LogP contribution is -2.38. The predicted octanol–water partition coefficient (Wildman–Crippen LogP) is 4.68. The van der Waals surface area contributed by atoms with Crippen molar-refractivity contribution in [1.29, 1.82) is 0 Å². The van der Waals surface area contributed by atoms with Gasteiger partial charge >= 0.3 is 0 Å². The number of hydrogen-bond donors (Lipinski definition) is 0. The molecule has 4 rings (SSSR count). The number of carbonyl (C=O) groups is 1. The maximum Gasteiger partial charge on any atom is 0.258 e. The Morgan fingerprint density at radius 1 is 1.15 bits per heavy atom. The van der Waals surface area contributed by atoms with E-state index in [4.69, 9.17) is 14.5 Å². The van der Waals surface area contributed by atoms with E-state index >= 15 is 0 Å². The molecule has 5 nitrogen and oxygen atoms in total. The lowest BCUT2D eigenvalue weighted by atomic mass is 10.0. The summed E-state index contributed by atoms with van der Waals surface area (Å²) < 4.78 is 11.9. The van der Waals surface area contributed by atoms with Crippen LogP contribution in [0.3, 0.4) is 0 Å². The third kappa shape index (κ3) is 3.37. The van der Waals surface area contributed by atoms with Crippen molar-refractivity contribution in [3.05, 3.63) is 53.0 Å². The Hall–Kier alpha value is -2.60. The summed E-state index contributed by atoms with van der Waals surface area (Å²) >= 11 is 1.68. The fourth-order valence-corrected chi connectivity index (χ4v) is 4.71. The molecule has 140 valence electrons. The van der Waals surface area contributed by atoms with Gasteiger partial charge in [-0.3, -0.25) is 4.79 Å². The number of para-hydroxylation sites is 1. The van der Waals surface area contributed by atoms with E-state index in [1.807, 2.05) is 23.1 Å². The number of likely N-dealkylation sites (tertiary alicyclic amines) is 1. The van der Waals surface area contributed by atoms with E-state index in [-0.39, 0.29) is 11.9 Å².